The van der Waals surface area contributed by atoms with Crippen molar-refractivity contribution in [1.29, 1.82) is 0 Å². The minimum absolute atomic E-state index is 0. The number of isocyanates is 2. The molecule has 6 unspecified atom stereocenters. The molecule has 4 nitrogen and oxygen atoms in total. The molecule has 0 N–H and O–H groups in total. The first-order valence-corrected chi connectivity index (χ1v) is 7.20. The first kappa shape index (κ1) is 17.6. The second-order valence-corrected chi connectivity index (χ2v) is 6.91. The van der Waals surface area contributed by atoms with Gasteiger partial charge in [0.2, 0.25) is 0 Å². The normalized spacial score (nSPS) is 40.6. The van der Waals surface area contributed by atoms with Crippen molar-refractivity contribution >= 4 is 40.1 Å². The van der Waals surface area contributed by atoms with Gasteiger partial charge in [-0.1, -0.05) is 14.9 Å². The molecule has 2 heterocycles. The van der Waals surface area contributed by atoms with E-state index in [0.717, 1.165) is 6.42 Å². The van der Waals surface area contributed by atoms with E-state index in [9.17, 15) is 13.5 Å². The van der Waals surface area contributed by atoms with Gasteiger partial charge in [-0.05, 0) is 0 Å². The molecular weight excluding hydrogens is 322 g/mol. The van der Waals surface area contributed by atoms with Gasteiger partial charge < -0.3 is 0 Å². The summed E-state index contributed by atoms with van der Waals surface area (Å²) in [7, 11) is 0. The van der Waals surface area contributed by atoms with Gasteiger partial charge in [0.15, 0.2) is 13.0 Å². The summed E-state index contributed by atoms with van der Waals surface area (Å²) in [5.41, 5.74) is 0. The van der Waals surface area contributed by atoms with Crippen molar-refractivity contribution in [2.45, 2.75) is 43.0 Å². The van der Waals surface area contributed by atoms with Crippen molar-refractivity contribution in [3.63, 3.8) is 0 Å². The van der Waals surface area contributed by atoms with Crippen LogP contribution in [0.3, 0.4) is 0 Å². The van der Waals surface area contributed by atoms with Crippen LogP contribution < -0.4 is 0 Å². The van der Waals surface area contributed by atoms with E-state index in [1.54, 1.807) is 12.2 Å². The third kappa shape index (κ3) is 2.34. The predicted octanol–water partition coefficient (Wildman–Crippen LogP) is 1.49. The molecular formula is C11H18FN2O2SSe+. The van der Waals surface area contributed by atoms with Gasteiger partial charge in [0.1, 0.15) is 0 Å². The molecule has 0 amide bonds. The van der Waals surface area contributed by atoms with Crippen LogP contribution >= 0.6 is 0 Å². The van der Waals surface area contributed by atoms with E-state index in [2.05, 4.69) is 9.98 Å². The first-order chi connectivity index (χ1) is 7.86. The number of carbonyl (C=O) groups excluding carboxylic acids is 2. The van der Waals surface area contributed by atoms with Crippen LogP contribution in [-0.2, 0) is 22.6 Å². The molecule has 6 atom stereocenters. The Labute approximate surface area is 118 Å². The average molecular weight is 340 g/mol. The Bertz CT molecular complexity index is 333. The molecule has 4 aliphatic rings. The summed E-state index contributed by atoms with van der Waals surface area (Å²) in [5, 5.41) is 0. The molecule has 0 radical (unpaired) electrons. The van der Waals surface area contributed by atoms with E-state index in [-0.39, 0.29) is 26.9 Å². The first-order valence-electron chi connectivity index (χ1n) is 4.85. The van der Waals surface area contributed by atoms with Gasteiger partial charge in [-0.15, -0.1) is 0 Å². The maximum absolute atomic E-state index is 10.2. The molecule has 4 rings (SSSR count). The number of rotatable bonds is 2. The van der Waals surface area contributed by atoms with Crippen molar-refractivity contribution < 1.29 is 13.5 Å². The van der Waals surface area contributed by atoms with E-state index >= 15 is 0 Å². The summed E-state index contributed by atoms with van der Waals surface area (Å²) >= 11 is 1.99. The Kier molecular flexibility index (Phi) is 7.05. The molecule has 0 aromatic rings. The van der Waals surface area contributed by atoms with Crippen LogP contribution in [0.1, 0.15) is 21.3 Å². The maximum atomic E-state index is 10.2. The molecule has 102 valence electrons. The molecule has 0 aromatic heterocycles. The van der Waals surface area contributed by atoms with Gasteiger partial charge in [0.25, 0.3) is 0 Å². The van der Waals surface area contributed by atoms with E-state index in [1.807, 2.05) is 0 Å². The monoisotopic (exact) mass is 341 g/mol. The number of halogens is 1. The zero-order valence-corrected chi connectivity index (χ0v) is 10.9. The molecule has 2 aliphatic heterocycles. The van der Waals surface area contributed by atoms with Crippen LogP contribution in [0, 0.1) is 11.8 Å². The van der Waals surface area contributed by atoms with E-state index in [4.69, 9.17) is 0 Å². The van der Waals surface area contributed by atoms with Crippen molar-refractivity contribution in [2.75, 3.05) is 0 Å². The number of nitrogens with zero attached hydrogens (tertiary/aromatic N) is 2. The van der Waals surface area contributed by atoms with Gasteiger partial charge in [-0.3, -0.25) is 0 Å². The summed E-state index contributed by atoms with van der Waals surface area (Å²) in [6, 6.07) is 0.418. The molecule has 2 aliphatic carbocycles. The second kappa shape index (κ2) is 7.22. The Morgan fingerprint density at radius 2 is 1.39 bits per heavy atom. The van der Waals surface area contributed by atoms with Crippen molar-refractivity contribution in [2.24, 2.45) is 21.8 Å². The van der Waals surface area contributed by atoms with Crippen LogP contribution in [0.25, 0.3) is 0 Å². The van der Waals surface area contributed by atoms with Gasteiger partial charge in [-0.25, -0.2) is 0 Å². The van der Waals surface area contributed by atoms with Gasteiger partial charge >= 0.3 is 86.7 Å². The molecule has 0 spiro atoms. The molecule has 4 bridgehead atoms. The van der Waals surface area contributed by atoms with E-state index in [1.165, 1.54) is 13.0 Å². The van der Waals surface area contributed by atoms with Crippen molar-refractivity contribution in [3.8, 4) is 0 Å². The summed E-state index contributed by atoms with van der Waals surface area (Å²) in [4.78, 5) is 29.3. The van der Waals surface area contributed by atoms with E-state index in [0.29, 0.717) is 36.4 Å². The Morgan fingerprint density at radius 3 is 1.61 bits per heavy atom. The molecule has 4 fully saturated rings. The van der Waals surface area contributed by atoms with Gasteiger partial charge in [0, 0.05) is 3.89 Å². The molecule has 0 aromatic carbocycles. The molecule has 2 saturated heterocycles. The third-order valence-corrected chi connectivity index (χ3v) is 7.61. The third-order valence-electron chi connectivity index (χ3n) is 3.66. The number of aliphatic imine (C=N–C) groups is 2. The van der Waals surface area contributed by atoms with E-state index < -0.39 is 0 Å². The summed E-state index contributed by atoms with van der Waals surface area (Å²) < 4.78 is 9.31. The Hall–Kier alpha value is -0.441. The zero-order valence-electron chi connectivity index (χ0n) is 8.17. The second-order valence-electron chi connectivity index (χ2n) is 4.05. The fourth-order valence-electron chi connectivity index (χ4n) is 3.25. The standard InChI is InChI=1S/C9H8N2O2Se.2CH4.FHS/c12-2-10-6-4-1-5-7(11-3-13)9(4)14-8(5)6;;;1-2/h4-9H,1H2;2*1H4;2H/p+1. The topological polar surface area (TPSA) is 58.9 Å². The van der Waals surface area contributed by atoms with Crippen LogP contribution in [0.15, 0.2) is 9.98 Å². The average Bonchev–Trinajstić information content (AvgIpc) is 3.01. The quantitative estimate of drug-likeness (QED) is 0.331. The Morgan fingerprint density at radius 1 is 1.00 bits per heavy atom. The number of hydrogen-bond donors (Lipinski definition) is 0. The van der Waals surface area contributed by atoms with Crippen LogP contribution in [0.4, 0.5) is 3.89 Å². The summed E-state index contributed by atoms with van der Waals surface area (Å²) in [5.74, 6) is 1.02. The van der Waals surface area contributed by atoms with Crippen LogP contribution in [-0.4, -0.2) is 39.2 Å². The van der Waals surface area contributed by atoms with Gasteiger partial charge in [-0.2, -0.15) is 0 Å². The summed E-state index contributed by atoms with van der Waals surface area (Å²) in [6.07, 6.45) is 4.45. The fraction of sp³-hybridized carbons (Fsp3) is 0.818. The van der Waals surface area contributed by atoms with Gasteiger partial charge in [0.05, 0.1) is 0 Å². The number of hydrogen-bond acceptors (Lipinski definition) is 4. The van der Waals surface area contributed by atoms with Crippen molar-refractivity contribution in [3.05, 3.63) is 0 Å². The fourth-order valence-corrected chi connectivity index (χ4v) is 7.78. The Balaban J connectivity index is 0.000000691. The minimum atomic E-state index is 0. The molecule has 18 heavy (non-hydrogen) atoms. The van der Waals surface area contributed by atoms with Crippen molar-refractivity contribution in [1.82, 2.24) is 0 Å². The molecule has 7 heteroatoms. The zero-order chi connectivity index (χ0) is 11.7. The SMILES string of the molecule is C.C.F[SH2+].O=C=NC1C2CC3C(N=C=O)C2[Se]C31. The summed E-state index contributed by atoms with van der Waals surface area (Å²) in [6.45, 7) is 0. The van der Waals surface area contributed by atoms with Crippen LogP contribution in [0.2, 0.25) is 9.63 Å². The molecule has 2 saturated carbocycles. The van der Waals surface area contributed by atoms with Crippen LogP contribution in [0.5, 0.6) is 0 Å². The predicted molar refractivity (Wildman–Crippen MR) is 73.4 cm³/mol.